The lowest BCUT2D eigenvalue weighted by Crippen LogP contribution is -2.39. The fourth-order valence-electron chi connectivity index (χ4n) is 2.89. The number of nitrogens with one attached hydrogen (secondary N) is 4. The molecule has 160 valence electrons. The van der Waals surface area contributed by atoms with Gasteiger partial charge in [0.15, 0.2) is 0 Å². The standard InChI is InChI=1S/C16H22ClFN6O3S2/c17-10-5-15(29(26,27)24-16-22-9-23-28-16)11(18)6-12(10)20-3-1-2-4-21-13-7-19-8-14(13)25/h5-6,9,13-14,19-21,25H,1-4,7-8H2,(H,22,23,24)/t13-,14+/m1/s1. The Balaban J connectivity index is 1.50. The Morgan fingerprint density at radius 2 is 2.10 bits per heavy atom. The predicted octanol–water partition coefficient (Wildman–Crippen LogP) is 1.25. The molecule has 2 atom stereocenters. The number of aliphatic hydroxyl groups excluding tert-OH is 1. The summed E-state index contributed by atoms with van der Waals surface area (Å²) >= 11 is 6.98. The van der Waals surface area contributed by atoms with Crippen LogP contribution in [0.15, 0.2) is 23.4 Å². The number of rotatable bonds is 10. The van der Waals surface area contributed by atoms with Crippen molar-refractivity contribution in [2.24, 2.45) is 0 Å². The Labute approximate surface area is 177 Å². The molecule has 13 heteroatoms. The van der Waals surface area contributed by atoms with Crippen LogP contribution in [0.2, 0.25) is 5.02 Å². The topological polar surface area (TPSA) is 128 Å². The van der Waals surface area contributed by atoms with Gasteiger partial charge in [-0.2, -0.15) is 4.37 Å². The van der Waals surface area contributed by atoms with Gasteiger partial charge >= 0.3 is 0 Å². The first-order chi connectivity index (χ1) is 13.9. The van der Waals surface area contributed by atoms with Gasteiger partial charge in [-0.05, 0) is 31.5 Å². The van der Waals surface area contributed by atoms with E-state index in [0.29, 0.717) is 18.8 Å². The SMILES string of the molecule is O=S(=O)(Nc1ncns1)c1cc(Cl)c(NCCCCN[C@@H]2CNC[C@@H]2O)cc1F. The number of aromatic nitrogens is 2. The third-order valence-corrected chi connectivity index (χ3v) is 6.78. The van der Waals surface area contributed by atoms with Crippen molar-refractivity contribution < 1.29 is 17.9 Å². The summed E-state index contributed by atoms with van der Waals surface area (Å²) in [7, 11) is -4.16. The molecule has 0 bridgehead atoms. The van der Waals surface area contributed by atoms with Crippen LogP contribution in [0.4, 0.5) is 15.2 Å². The van der Waals surface area contributed by atoms with Crippen LogP contribution in [-0.2, 0) is 10.0 Å². The van der Waals surface area contributed by atoms with Crippen LogP contribution in [-0.4, -0.2) is 61.2 Å². The van der Waals surface area contributed by atoms with E-state index in [-0.39, 0.29) is 22.3 Å². The average molecular weight is 465 g/mol. The van der Waals surface area contributed by atoms with Crippen molar-refractivity contribution in [3.8, 4) is 0 Å². The number of sulfonamides is 1. The number of hydrogen-bond acceptors (Lipinski definition) is 9. The molecule has 0 amide bonds. The van der Waals surface area contributed by atoms with Crippen LogP contribution < -0.4 is 20.7 Å². The molecule has 1 saturated heterocycles. The molecule has 29 heavy (non-hydrogen) atoms. The second-order valence-corrected chi connectivity index (χ2v) is 9.37. The quantitative estimate of drug-likeness (QED) is 0.332. The average Bonchev–Trinajstić information content (AvgIpc) is 3.31. The second kappa shape index (κ2) is 9.96. The first kappa shape index (κ1) is 22.1. The van der Waals surface area contributed by atoms with Crippen LogP contribution in [0.25, 0.3) is 0 Å². The first-order valence-corrected chi connectivity index (χ1v) is 11.6. The predicted molar refractivity (Wildman–Crippen MR) is 111 cm³/mol. The highest BCUT2D eigenvalue weighted by Gasteiger charge is 2.24. The summed E-state index contributed by atoms with van der Waals surface area (Å²) in [5.41, 5.74) is 0.322. The monoisotopic (exact) mass is 464 g/mol. The van der Waals surface area contributed by atoms with E-state index in [2.05, 4.69) is 30.0 Å². The Bertz CT molecular complexity index is 916. The Morgan fingerprint density at radius 3 is 2.79 bits per heavy atom. The third kappa shape index (κ3) is 5.96. The molecule has 0 aliphatic carbocycles. The van der Waals surface area contributed by atoms with Gasteiger partial charge in [-0.1, -0.05) is 11.6 Å². The normalized spacial score (nSPS) is 19.4. The Morgan fingerprint density at radius 1 is 1.31 bits per heavy atom. The van der Waals surface area contributed by atoms with Crippen molar-refractivity contribution in [3.63, 3.8) is 0 Å². The summed E-state index contributed by atoms with van der Waals surface area (Å²) in [5.74, 6) is -0.918. The maximum atomic E-state index is 14.4. The highest BCUT2D eigenvalue weighted by molar-refractivity contribution is 7.93. The van der Waals surface area contributed by atoms with Crippen LogP contribution in [0.3, 0.4) is 0 Å². The van der Waals surface area contributed by atoms with Gasteiger partial charge in [0.1, 0.15) is 17.0 Å². The molecule has 1 aromatic carbocycles. The summed E-state index contributed by atoms with van der Waals surface area (Å²) < 4.78 is 44.9. The van der Waals surface area contributed by atoms with E-state index in [4.69, 9.17) is 11.6 Å². The lowest BCUT2D eigenvalue weighted by atomic mass is 10.2. The molecule has 0 unspecified atom stereocenters. The Kier molecular flexibility index (Phi) is 7.60. The van der Waals surface area contributed by atoms with E-state index < -0.39 is 20.7 Å². The van der Waals surface area contributed by atoms with Gasteiger partial charge in [0.2, 0.25) is 5.13 Å². The number of halogens is 2. The first-order valence-electron chi connectivity index (χ1n) is 9.01. The molecular formula is C16H22ClFN6O3S2. The van der Waals surface area contributed by atoms with Gasteiger partial charge in [0.25, 0.3) is 10.0 Å². The van der Waals surface area contributed by atoms with Crippen molar-refractivity contribution in [1.29, 1.82) is 0 Å². The molecule has 0 radical (unpaired) electrons. The van der Waals surface area contributed by atoms with Gasteiger partial charge in [-0.25, -0.2) is 17.8 Å². The molecule has 0 spiro atoms. The van der Waals surface area contributed by atoms with E-state index in [9.17, 15) is 17.9 Å². The summed E-state index contributed by atoms with van der Waals surface area (Å²) in [5, 5.41) is 19.3. The van der Waals surface area contributed by atoms with Crippen molar-refractivity contribution in [3.05, 3.63) is 29.3 Å². The summed E-state index contributed by atoms with van der Waals surface area (Å²) in [6.07, 6.45) is 2.47. The molecule has 5 N–H and O–H groups in total. The highest BCUT2D eigenvalue weighted by Crippen LogP contribution is 2.29. The van der Waals surface area contributed by atoms with Crippen LogP contribution in [0.1, 0.15) is 12.8 Å². The molecular weight excluding hydrogens is 443 g/mol. The van der Waals surface area contributed by atoms with Crippen molar-refractivity contribution in [2.75, 3.05) is 36.2 Å². The van der Waals surface area contributed by atoms with Gasteiger partial charge in [0, 0.05) is 37.2 Å². The largest absolute Gasteiger partial charge is 0.390 e. The van der Waals surface area contributed by atoms with E-state index in [1.807, 2.05) is 0 Å². The van der Waals surface area contributed by atoms with E-state index in [1.54, 1.807) is 0 Å². The molecule has 3 rings (SSSR count). The number of aliphatic hydroxyl groups is 1. The van der Waals surface area contributed by atoms with Gasteiger partial charge in [0.05, 0.1) is 16.8 Å². The molecule has 1 fully saturated rings. The third-order valence-electron chi connectivity index (χ3n) is 4.40. The lowest BCUT2D eigenvalue weighted by Gasteiger charge is -2.15. The van der Waals surface area contributed by atoms with E-state index in [0.717, 1.165) is 49.6 Å². The fraction of sp³-hybridized carbons (Fsp3) is 0.500. The smallest absolute Gasteiger partial charge is 0.266 e. The maximum absolute atomic E-state index is 14.4. The van der Waals surface area contributed by atoms with Crippen molar-refractivity contribution in [1.82, 2.24) is 20.0 Å². The molecule has 1 aliphatic heterocycles. The number of hydrogen-bond donors (Lipinski definition) is 5. The zero-order chi connectivity index (χ0) is 20.9. The second-order valence-electron chi connectivity index (χ2n) is 6.53. The fourth-order valence-corrected chi connectivity index (χ4v) is 4.93. The highest BCUT2D eigenvalue weighted by atomic mass is 35.5. The number of β-amino-alcohol motifs (C(OH)–C–C–N with tert-alkyl or cyclic N) is 1. The van der Waals surface area contributed by atoms with Crippen LogP contribution in [0, 0.1) is 5.82 Å². The van der Waals surface area contributed by atoms with Crippen molar-refractivity contribution >= 4 is 44.0 Å². The summed E-state index contributed by atoms with van der Waals surface area (Å²) in [6, 6.07) is 2.20. The zero-order valence-corrected chi connectivity index (χ0v) is 17.7. The minimum absolute atomic E-state index is 0.0391. The molecule has 2 aromatic rings. The molecule has 1 aromatic heterocycles. The van der Waals surface area contributed by atoms with Crippen molar-refractivity contribution in [2.45, 2.75) is 29.9 Å². The molecule has 9 nitrogen and oxygen atoms in total. The number of nitrogens with zero attached hydrogens (tertiary/aromatic N) is 2. The molecule has 1 aliphatic rings. The maximum Gasteiger partial charge on any atom is 0.266 e. The Hall–Kier alpha value is -1.57. The van der Waals surface area contributed by atoms with Gasteiger partial charge < -0.3 is 21.1 Å². The van der Waals surface area contributed by atoms with E-state index >= 15 is 0 Å². The number of unbranched alkanes of at least 4 members (excludes halogenated alkanes) is 1. The van der Waals surface area contributed by atoms with Crippen LogP contribution in [0.5, 0.6) is 0 Å². The molecule has 2 heterocycles. The zero-order valence-electron chi connectivity index (χ0n) is 15.4. The van der Waals surface area contributed by atoms with Crippen LogP contribution >= 0.6 is 23.1 Å². The lowest BCUT2D eigenvalue weighted by molar-refractivity contribution is 0.163. The number of anilines is 2. The molecule has 0 saturated carbocycles. The van der Waals surface area contributed by atoms with E-state index in [1.165, 1.54) is 6.33 Å². The minimum Gasteiger partial charge on any atom is -0.390 e. The van der Waals surface area contributed by atoms with Gasteiger partial charge in [-0.3, -0.25) is 4.72 Å². The number of benzene rings is 1. The van der Waals surface area contributed by atoms with Gasteiger partial charge in [-0.15, -0.1) is 0 Å². The summed E-state index contributed by atoms with van der Waals surface area (Å²) in [4.78, 5) is 3.16. The minimum atomic E-state index is -4.16. The summed E-state index contributed by atoms with van der Waals surface area (Å²) in [6.45, 7) is 2.64.